The highest BCUT2D eigenvalue weighted by Gasteiger charge is 2.30. The van der Waals surface area contributed by atoms with Gasteiger partial charge < -0.3 is 4.57 Å². The van der Waals surface area contributed by atoms with Crippen LogP contribution in [0.15, 0.2) is 188 Å². The molecule has 0 radical (unpaired) electrons. The molecule has 7 heteroatoms. The molecule has 0 aliphatic heterocycles. The average molecular weight is 799 g/mol. The second-order valence-electron chi connectivity index (χ2n) is 15.3. The smallest absolute Gasteiger partial charge is 0.308 e. The van der Waals surface area contributed by atoms with Crippen molar-refractivity contribution < 1.29 is 13.2 Å². The highest BCUT2D eigenvalue weighted by Crippen LogP contribution is 2.42. The van der Waals surface area contributed by atoms with E-state index in [2.05, 4.69) is 91.2 Å². The fourth-order valence-corrected chi connectivity index (χ4v) is 8.27. The molecule has 10 rings (SSSR count). The number of aromatic nitrogens is 4. The number of alkyl halides is 3. The van der Waals surface area contributed by atoms with Gasteiger partial charge in [-0.25, -0.2) is 15.0 Å². The Hall–Kier alpha value is -7.64. The highest BCUT2D eigenvalue weighted by molar-refractivity contribution is 6.12. The number of rotatable bonds is 7. The van der Waals surface area contributed by atoms with E-state index in [1.807, 2.05) is 91.0 Å². The summed E-state index contributed by atoms with van der Waals surface area (Å²) in [6, 6.07) is 60.9. The Morgan fingerprint density at radius 2 is 0.820 bits per heavy atom. The van der Waals surface area contributed by atoms with Crippen LogP contribution >= 0.6 is 0 Å². The predicted octanol–water partition coefficient (Wildman–Crippen LogP) is 14.6. The number of hydrogen-bond acceptors (Lipinski definition) is 3. The molecule has 0 aliphatic rings. The van der Waals surface area contributed by atoms with Gasteiger partial charge in [0.1, 0.15) is 0 Å². The Bertz CT molecular complexity index is 3080. The van der Waals surface area contributed by atoms with E-state index in [1.165, 1.54) is 12.1 Å². The van der Waals surface area contributed by atoms with E-state index >= 15 is 0 Å². The second kappa shape index (κ2) is 15.2. The molecule has 0 aliphatic carbocycles. The number of benzene rings is 8. The molecular formula is C54H37F3N4. The fourth-order valence-electron chi connectivity index (χ4n) is 8.27. The number of fused-ring (bicyclic) bond motifs is 3. The first-order chi connectivity index (χ1) is 29.7. The minimum absolute atomic E-state index is 0.460. The molecule has 0 spiro atoms. The molecular weight excluding hydrogens is 762 g/mol. The third-order valence-corrected chi connectivity index (χ3v) is 11.4. The quantitative estimate of drug-likeness (QED) is 0.161. The summed E-state index contributed by atoms with van der Waals surface area (Å²) in [5.41, 5.74) is 12.5. The molecule has 10 aromatic rings. The summed E-state index contributed by atoms with van der Waals surface area (Å²) >= 11 is 0. The molecule has 2 heterocycles. The summed E-state index contributed by atoms with van der Waals surface area (Å²) in [5.74, 6) is 1.50. The highest BCUT2D eigenvalue weighted by atomic mass is 19.4. The topological polar surface area (TPSA) is 43.6 Å². The molecule has 0 bridgehead atoms. The summed E-state index contributed by atoms with van der Waals surface area (Å²) in [4.78, 5) is 15.3. The maximum atomic E-state index is 13.8. The molecule has 8 aromatic carbocycles. The third-order valence-electron chi connectivity index (χ3n) is 11.4. The normalized spacial score (nSPS) is 11.7. The van der Waals surface area contributed by atoms with Crippen molar-refractivity contribution in [2.45, 2.75) is 20.0 Å². The summed E-state index contributed by atoms with van der Waals surface area (Å²) in [6.45, 7) is 4.23. The van der Waals surface area contributed by atoms with Gasteiger partial charge in [0.2, 0.25) is 0 Å². The SMILES string of the molecule is Cc1ccccc1-c1ccc2c3ccc(-c4ccccc4C)cc3n(-c3cc(-c4ccc(C(F)(F)F)cc4)ccc3-c3nc(-c4ccccc4)nc(-c4ccccc4)n3)c2c1. The van der Waals surface area contributed by atoms with E-state index in [1.54, 1.807) is 0 Å². The lowest BCUT2D eigenvalue weighted by molar-refractivity contribution is -0.137. The van der Waals surface area contributed by atoms with Gasteiger partial charge in [0.05, 0.1) is 22.3 Å². The predicted molar refractivity (Wildman–Crippen MR) is 241 cm³/mol. The Morgan fingerprint density at radius 3 is 1.31 bits per heavy atom. The molecule has 0 fully saturated rings. The van der Waals surface area contributed by atoms with Gasteiger partial charge in [0.15, 0.2) is 17.5 Å². The van der Waals surface area contributed by atoms with Crippen LogP contribution in [0.4, 0.5) is 13.2 Å². The van der Waals surface area contributed by atoms with E-state index < -0.39 is 11.7 Å². The van der Waals surface area contributed by atoms with Crippen LogP contribution in [0.25, 0.3) is 95.0 Å². The Kier molecular flexibility index (Phi) is 9.37. The van der Waals surface area contributed by atoms with Crippen LogP contribution < -0.4 is 0 Å². The molecule has 0 N–H and O–H groups in total. The Labute approximate surface area is 351 Å². The minimum Gasteiger partial charge on any atom is -0.308 e. The van der Waals surface area contributed by atoms with Crippen LogP contribution in [0.1, 0.15) is 16.7 Å². The van der Waals surface area contributed by atoms with Crippen molar-refractivity contribution >= 4 is 21.8 Å². The van der Waals surface area contributed by atoms with Crippen LogP contribution in [0.3, 0.4) is 0 Å². The number of nitrogens with zero attached hydrogens (tertiary/aromatic N) is 4. The van der Waals surface area contributed by atoms with Crippen molar-refractivity contribution in [3.8, 4) is 73.2 Å². The van der Waals surface area contributed by atoms with Crippen molar-refractivity contribution in [3.63, 3.8) is 0 Å². The van der Waals surface area contributed by atoms with Crippen LogP contribution in [-0.2, 0) is 6.18 Å². The van der Waals surface area contributed by atoms with Gasteiger partial charge in [-0.05, 0) is 94.8 Å². The van der Waals surface area contributed by atoms with E-state index in [9.17, 15) is 13.2 Å². The number of halogens is 3. The first kappa shape index (κ1) is 37.6. The van der Waals surface area contributed by atoms with Crippen molar-refractivity contribution in [1.82, 2.24) is 19.5 Å². The summed E-state index contributed by atoms with van der Waals surface area (Å²) in [5, 5.41) is 2.11. The first-order valence-electron chi connectivity index (χ1n) is 20.1. The molecule has 61 heavy (non-hydrogen) atoms. The maximum absolute atomic E-state index is 13.8. The van der Waals surface area contributed by atoms with Crippen LogP contribution in [0, 0.1) is 13.8 Å². The third kappa shape index (κ3) is 7.04. The molecule has 294 valence electrons. The van der Waals surface area contributed by atoms with Gasteiger partial charge in [-0.2, -0.15) is 13.2 Å². The van der Waals surface area contributed by atoms with Crippen LogP contribution in [0.2, 0.25) is 0 Å². The van der Waals surface area contributed by atoms with Gasteiger partial charge >= 0.3 is 6.18 Å². The maximum Gasteiger partial charge on any atom is 0.416 e. The standard InChI is InChI=1S/C54H37F3N4/c1-34-13-9-11-19-43(34)40-24-28-45-46-29-25-41(44-20-12-10-14-35(44)2)33-49(46)61(48(45)32-40)50-31-39(36-21-26-42(27-22-36)54(55,56)57)23-30-47(50)53-59-51(37-15-5-3-6-16-37)58-52(60-53)38-17-7-4-8-18-38/h3-33H,1-2H3. The lowest BCUT2D eigenvalue weighted by Crippen LogP contribution is -2.05. The second-order valence-corrected chi connectivity index (χ2v) is 15.3. The van der Waals surface area contributed by atoms with E-state index in [-0.39, 0.29) is 0 Å². The molecule has 0 atom stereocenters. The van der Waals surface area contributed by atoms with Gasteiger partial charge in [-0.15, -0.1) is 0 Å². The monoisotopic (exact) mass is 798 g/mol. The van der Waals surface area contributed by atoms with Crippen molar-refractivity contribution in [1.29, 1.82) is 0 Å². The number of aryl methyl sites for hydroxylation is 2. The molecule has 0 saturated heterocycles. The van der Waals surface area contributed by atoms with Crippen LogP contribution in [-0.4, -0.2) is 19.5 Å². The van der Waals surface area contributed by atoms with Gasteiger partial charge in [-0.1, -0.05) is 152 Å². The molecule has 0 saturated carbocycles. The Morgan fingerprint density at radius 1 is 0.377 bits per heavy atom. The van der Waals surface area contributed by atoms with Crippen molar-refractivity contribution in [3.05, 3.63) is 205 Å². The van der Waals surface area contributed by atoms with E-state index in [4.69, 9.17) is 15.0 Å². The van der Waals surface area contributed by atoms with Gasteiger partial charge in [-0.3, -0.25) is 0 Å². The largest absolute Gasteiger partial charge is 0.416 e. The lowest BCUT2D eigenvalue weighted by atomic mass is 9.98. The molecule has 4 nitrogen and oxygen atoms in total. The minimum atomic E-state index is -4.45. The summed E-state index contributed by atoms with van der Waals surface area (Å²) in [7, 11) is 0. The zero-order valence-electron chi connectivity index (χ0n) is 33.3. The summed E-state index contributed by atoms with van der Waals surface area (Å²) in [6.07, 6.45) is -4.45. The fraction of sp³-hybridized carbons (Fsp3) is 0.0556. The first-order valence-corrected chi connectivity index (χ1v) is 20.1. The van der Waals surface area contributed by atoms with Crippen molar-refractivity contribution in [2.75, 3.05) is 0 Å². The molecule has 2 aromatic heterocycles. The lowest BCUT2D eigenvalue weighted by Gasteiger charge is -2.17. The average Bonchev–Trinajstić information content (AvgIpc) is 3.62. The molecule has 0 unspecified atom stereocenters. The molecule has 0 amide bonds. The van der Waals surface area contributed by atoms with E-state index in [0.29, 0.717) is 23.0 Å². The number of hydrogen-bond donors (Lipinski definition) is 0. The van der Waals surface area contributed by atoms with Crippen LogP contribution in [0.5, 0.6) is 0 Å². The zero-order chi connectivity index (χ0) is 41.7. The van der Waals surface area contributed by atoms with Gasteiger partial charge in [0.25, 0.3) is 0 Å². The van der Waals surface area contributed by atoms with Crippen molar-refractivity contribution in [2.24, 2.45) is 0 Å². The van der Waals surface area contributed by atoms with E-state index in [0.717, 1.165) is 95.3 Å². The summed E-state index contributed by atoms with van der Waals surface area (Å²) < 4.78 is 43.5. The van der Waals surface area contributed by atoms with Gasteiger partial charge in [0, 0.05) is 27.5 Å². The zero-order valence-corrected chi connectivity index (χ0v) is 33.3. The Balaban J connectivity index is 1.31.